The predicted molar refractivity (Wildman–Crippen MR) is 70.4 cm³/mol. The number of rotatable bonds is 1. The van der Waals surface area contributed by atoms with Crippen LogP contribution in [-0.2, 0) is 6.42 Å². The van der Waals surface area contributed by atoms with Crippen LogP contribution in [0.1, 0.15) is 49.5 Å². The van der Waals surface area contributed by atoms with E-state index in [-0.39, 0.29) is 11.3 Å². The third kappa shape index (κ3) is 3.16. The highest BCUT2D eigenvalue weighted by molar-refractivity contribution is 5.98. The van der Waals surface area contributed by atoms with Crippen molar-refractivity contribution in [2.24, 2.45) is 0 Å². The number of carbonyl (C=O) groups excluding carboxylic acids is 1. The Bertz CT molecular complexity index is 417. The Morgan fingerprint density at radius 1 is 1.24 bits per heavy atom. The molecule has 2 nitrogen and oxygen atoms in total. The van der Waals surface area contributed by atoms with Crippen molar-refractivity contribution in [2.75, 3.05) is 0 Å². The second-order valence-corrected chi connectivity index (χ2v) is 5.91. The monoisotopic (exact) mass is 231 g/mol. The number of aryl methyl sites for hydroxylation is 1. The van der Waals surface area contributed by atoms with Crippen LogP contribution >= 0.6 is 0 Å². The highest BCUT2D eigenvalue weighted by atomic mass is 16.1. The molecule has 0 aliphatic heterocycles. The van der Waals surface area contributed by atoms with Gasteiger partial charge in [0.15, 0.2) is 5.78 Å². The maximum atomic E-state index is 12.2. The van der Waals surface area contributed by atoms with E-state index in [4.69, 9.17) is 0 Å². The molecule has 0 saturated heterocycles. The summed E-state index contributed by atoms with van der Waals surface area (Å²) in [5.41, 5.74) is 2.20. The minimum absolute atomic E-state index is 0.0709. The second-order valence-electron chi connectivity index (χ2n) is 5.91. The number of benzene rings is 1. The Labute approximate surface area is 103 Å². The van der Waals surface area contributed by atoms with Gasteiger partial charge in [0.25, 0.3) is 0 Å². The van der Waals surface area contributed by atoms with Crippen LogP contribution < -0.4 is 5.32 Å². The highest BCUT2D eigenvalue weighted by Crippen LogP contribution is 2.21. The zero-order valence-electron chi connectivity index (χ0n) is 10.9. The average molecular weight is 231 g/mol. The zero-order valence-corrected chi connectivity index (χ0v) is 10.9. The fourth-order valence-corrected chi connectivity index (χ4v) is 2.51. The Balaban J connectivity index is 2.15. The van der Waals surface area contributed by atoms with Crippen molar-refractivity contribution in [3.63, 3.8) is 0 Å². The predicted octanol–water partition coefficient (Wildman–Crippen LogP) is 2.96. The lowest BCUT2D eigenvalue weighted by Crippen LogP contribution is -2.44. The molecule has 1 aromatic rings. The van der Waals surface area contributed by atoms with Gasteiger partial charge >= 0.3 is 0 Å². The quantitative estimate of drug-likeness (QED) is 0.753. The van der Waals surface area contributed by atoms with E-state index in [2.05, 4.69) is 32.2 Å². The van der Waals surface area contributed by atoms with Gasteiger partial charge in [-0.1, -0.05) is 24.3 Å². The van der Waals surface area contributed by atoms with Crippen LogP contribution in [0.25, 0.3) is 0 Å². The third-order valence-corrected chi connectivity index (χ3v) is 3.15. The van der Waals surface area contributed by atoms with Gasteiger partial charge in [0.2, 0.25) is 0 Å². The number of Topliss-reactive ketones (excluding diaryl/α,β-unsaturated/α-hetero) is 1. The number of nitrogens with one attached hydrogen (secondary N) is 1. The summed E-state index contributed by atoms with van der Waals surface area (Å²) in [5.74, 6) is 0.278. The van der Waals surface area contributed by atoms with Gasteiger partial charge in [-0.3, -0.25) is 4.79 Å². The minimum atomic E-state index is 0.0709. The topological polar surface area (TPSA) is 29.1 Å². The maximum absolute atomic E-state index is 12.2. The van der Waals surface area contributed by atoms with Gasteiger partial charge in [-0.25, -0.2) is 0 Å². The summed E-state index contributed by atoms with van der Waals surface area (Å²) in [5, 5.41) is 3.54. The molecule has 1 N–H and O–H groups in total. The molecule has 17 heavy (non-hydrogen) atoms. The molecule has 92 valence electrons. The fraction of sp³-hybridized carbons (Fsp3) is 0.533. The van der Waals surface area contributed by atoms with Gasteiger partial charge < -0.3 is 5.32 Å². The summed E-state index contributed by atoms with van der Waals surface area (Å²) in [6.45, 7) is 6.44. The molecule has 0 spiro atoms. The van der Waals surface area contributed by atoms with Gasteiger partial charge in [-0.15, -0.1) is 0 Å². The molecule has 1 atom stereocenters. The van der Waals surface area contributed by atoms with Crippen molar-refractivity contribution in [3.8, 4) is 0 Å². The average Bonchev–Trinajstić information content (AvgIpc) is 2.37. The van der Waals surface area contributed by atoms with E-state index in [1.807, 2.05) is 18.2 Å². The molecule has 1 aliphatic carbocycles. The van der Waals surface area contributed by atoms with Gasteiger partial charge in [-0.05, 0) is 39.2 Å². The van der Waals surface area contributed by atoms with Crippen LogP contribution in [0.15, 0.2) is 24.3 Å². The lowest BCUT2D eigenvalue weighted by atomic mass is 10.0. The molecule has 0 saturated carbocycles. The van der Waals surface area contributed by atoms with Crippen LogP contribution in [0.3, 0.4) is 0 Å². The maximum Gasteiger partial charge on any atom is 0.164 e. The second kappa shape index (κ2) is 4.61. The first-order valence-corrected chi connectivity index (χ1v) is 6.34. The summed E-state index contributed by atoms with van der Waals surface area (Å²) < 4.78 is 0. The molecule has 2 rings (SSSR count). The van der Waals surface area contributed by atoms with E-state index < -0.39 is 0 Å². The van der Waals surface area contributed by atoms with E-state index in [1.54, 1.807) is 0 Å². The molecular formula is C15H21NO. The molecule has 1 aromatic carbocycles. The van der Waals surface area contributed by atoms with E-state index in [0.717, 1.165) is 18.4 Å². The Morgan fingerprint density at radius 2 is 1.94 bits per heavy atom. The van der Waals surface area contributed by atoms with Gasteiger partial charge in [-0.2, -0.15) is 0 Å². The van der Waals surface area contributed by atoms with Crippen LogP contribution in [-0.4, -0.2) is 17.4 Å². The van der Waals surface area contributed by atoms with Crippen molar-refractivity contribution < 1.29 is 4.79 Å². The SMILES string of the molecule is CC(C)(C)NC1CCc2ccccc2C(=O)C1. The van der Waals surface area contributed by atoms with Crippen molar-refractivity contribution >= 4 is 5.78 Å². The van der Waals surface area contributed by atoms with Crippen LogP contribution in [0, 0.1) is 0 Å². The standard InChI is InChI=1S/C15H21NO/c1-15(2,3)16-12-9-8-11-6-4-5-7-13(11)14(17)10-12/h4-7,12,16H,8-10H2,1-3H3. The zero-order chi connectivity index (χ0) is 12.5. The van der Waals surface area contributed by atoms with Gasteiger partial charge in [0.05, 0.1) is 0 Å². The normalized spacial score (nSPS) is 20.9. The Kier molecular flexibility index (Phi) is 3.34. The summed E-state index contributed by atoms with van der Waals surface area (Å²) in [6, 6.07) is 8.30. The number of hydrogen-bond donors (Lipinski definition) is 1. The largest absolute Gasteiger partial charge is 0.309 e. The molecule has 1 aliphatic rings. The molecule has 0 heterocycles. The summed E-state index contributed by atoms with van der Waals surface area (Å²) in [4.78, 5) is 12.2. The van der Waals surface area contributed by atoms with Crippen molar-refractivity contribution in [1.29, 1.82) is 0 Å². The Morgan fingerprint density at radius 3 is 2.65 bits per heavy atom. The molecular weight excluding hydrogens is 210 g/mol. The van der Waals surface area contributed by atoms with Crippen LogP contribution in [0.2, 0.25) is 0 Å². The van der Waals surface area contributed by atoms with Crippen molar-refractivity contribution in [1.82, 2.24) is 5.32 Å². The fourth-order valence-electron chi connectivity index (χ4n) is 2.51. The van der Waals surface area contributed by atoms with E-state index in [1.165, 1.54) is 5.56 Å². The molecule has 1 unspecified atom stereocenters. The van der Waals surface area contributed by atoms with Crippen molar-refractivity contribution in [3.05, 3.63) is 35.4 Å². The van der Waals surface area contributed by atoms with Gasteiger partial charge in [0, 0.05) is 23.6 Å². The highest BCUT2D eigenvalue weighted by Gasteiger charge is 2.24. The smallest absolute Gasteiger partial charge is 0.164 e. The first-order chi connectivity index (χ1) is 7.96. The lowest BCUT2D eigenvalue weighted by Gasteiger charge is -2.27. The first kappa shape index (κ1) is 12.3. The molecule has 2 heteroatoms. The molecule has 0 radical (unpaired) electrons. The van der Waals surface area contributed by atoms with Gasteiger partial charge in [0.1, 0.15) is 0 Å². The summed E-state index contributed by atoms with van der Waals surface area (Å²) in [6.07, 6.45) is 2.66. The van der Waals surface area contributed by atoms with Crippen molar-refractivity contribution in [2.45, 2.75) is 51.6 Å². The minimum Gasteiger partial charge on any atom is -0.309 e. The van der Waals surface area contributed by atoms with E-state index >= 15 is 0 Å². The first-order valence-electron chi connectivity index (χ1n) is 6.34. The van der Waals surface area contributed by atoms with Crippen LogP contribution in [0.4, 0.5) is 0 Å². The number of hydrogen-bond acceptors (Lipinski definition) is 2. The number of carbonyl (C=O) groups is 1. The molecule has 0 bridgehead atoms. The molecule has 0 aromatic heterocycles. The van der Waals surface area contributed by atoms with E-state index in [9.17, 15) is 4.79 Å². The lowest BCUT2D eigenvalue weighted by molar-refractivity contribution is 0.0966. The third-order valence-electron chi connectivity index (χ3n) is 3.15. The number of fused-ring (bicyclic) bond motifs is 1. The number of ketones is 1. The molecule has 0 amide bonds. The summed E-state index contributed by atoms with van der Waals surface area (Å²) in [7, 11) is 0. The molecule has 0 fully saturated rings. The summed E-state index contributed by atoms with van der Waals surface area (Å²) >= 11 is 0. The van der Waals surface area contributed by atoms with E-state index in [0.29, 0.717) is 12.5 Å². The Hall–Kier alpha value is -1.15. The van der Waals surface area contributed by atoms with Crippen LogP contribution in [0.5, 0.6) is 0 Å².